The van der Waals surface area contributed by atoms with E-state index in [-0.39, 0.29) is 35.9 Å². The lowest BCUT2D eigenvalue weighted by Crippen LogP contribution is -2.48. The standard InChI is InChI=1S/C15H23N3O5S/c1-2-17(11-5-8-24(22,23)10-11)12(19)9-18-13(20)15(16-14(18)21)6-3-4-7-15/h11H,2-10H2,1H3,(H,16,21)/t11-/m0/s1. The Morgan fingerprint density at radius 2 is 2.00 bits per heavy atom. The summed E-state index contributed by atoms with van der Waals surface area (Å²) >= 11 is 0. The van der Waals surface area contributed by atoms with Gasteiger partial charge in [-0.05, 0) is 26.2 Å². The quantitative estimate of drug-likeness (QED) is 0.707. The summed E-state index contributed by atoms with van der Waals surface area (Å²) in [4.78, 5) is 39.8. The first-order valence-corrected chi connectivity index (χ1v) is 10.2. The van der Waals surface area contributed by atoms with Crippen LogP contribution < -0.4 is 5.32 Å². The van der Waals surface area contributed by atoms with Gasteiger partial charge in [0.25, 0.3) is 5.91 Å². The average molecular weight is 357 g/mol. The molecule has 8 nitrogen and oxygen atoms in total. The highest BCUT2D eigenvalue weighted by Gasteiger charge is 2.53. The summed E-state index contributed by atoms with van der Waals surface area (Å²) in [5.74, 6) is -0.670. The van der Waals surface area contributed by atoms with Gasteiger partial charge in [-0.15, -0.1) is 0 Å². The molecule has 24 heavy (non-hydrogen) atoms. The second-order valence-electron chi connectivity index (χ2n) is 6.85. The second kappa shape index (κ2) is 6.02. The fraction of sp³-hybridized carbons (Fsp3) is 0.800. The van der Waals surface area contributed by atoms with Crippen LogP contribution in [0, 0.1) is 0 Å². The van der Waals surface area contributed by atoms with Gasteiger partial charge < -0.3 is 10.2 Å². The van der Waals surface area contributed by atoms with Crippen LogP contribution in [0.2, 0.25) is 0 Å². The normalized spacial score (nSPS) is 27.7. The third-order valence-electron chi connectivity index (χ3n) is 5.31. The minimum Gasteiger partial charge on any atom is -0.337 e. The van der Waals surface area contributed by atoms with Gasteiger partial charge in [-0.25, -0.2) is 13.2 Å². The van der Waals surface area contributed by atoms with Gasteiger partial charge in [0.15, 0.2) is 9.84 Å². The maximum absolute atomic E-state index is 12.6. The maximum Gasteiger partial charge on any atom is 0.325 e. The number of imide groups is 1. The molecule has 1 spiro atoms. The van der Waals surface area contributed by atoms with Crippen LogP contribution >= 0.6 is 0 Å². The van der Waals surface area contributed by atoms with Crippen molar-refractivity contribution in [2.24, 2.45) is 0 Å². The average Bonchev–Trinajstić information content (AvgIpc) is 3.17. The predicted octanol–water partition coefficient (Wildman–Crippen LogP) is -0.113. The number of rotatable bonds is 4. The Bertz CT molecular complexity index is 669. The molecule has 0 bridgehead atoms. The molecule has 0 aromatic rings. The predicted molar refractivity (Wildman–Crippen MR) is 85.9 cm³/mol. The van der Waals surface area contributed by atoms with Gasteiger partial charge in [-0.2, -0.15) is 0 Å². The Labute approximate surface area is 141 Å². The molecule has 0 unspecified atom stereocenters. The highest BCUT2D eigenvalue weighted by atomic mass is 32.2. The first kappa shape index (κ1) is 17.2. The van der Waals surface area contributed by atoms with Crippen molar-refractivity contribution in [2.45, 2.75) is 50.6 Å². The third kappa shape index (κ3) is 2.89. The number of nitrogens with one attached hydrogen (secondary N) is 1. The Balaban J connectivity index is 1.69. The van der Waals surface area contributed by atoms with E-state index in [0.29, 0.717) is 25.8 Å². The zero-order valence-corrected chi connectivity index (χ0v) is 14.6. The molecule has 2 aliphatic heterocycles. The van der Waals surface area contributed by atoms with Crippen LogP contribution in [-0.4, -0.2) is 72.2 Å². The summed E-state index contributed by atoms with van der Waals surface area (Å²) in [6.45, 7) is 1.80. The topological polar surface area (TPSA) is 104 Å². The first-order valence-electron chi connectivity index (χ1n) is 8.42. The van der Waals surface area contributed by atoms with Crippen LogP contribution in [-0.2, 0) is 19.4 Å². The van der Waals surface area contributed by atoms with Crippen molar-refractivity contribution in [3.05, 3.63) is 0 Å². The molecule has 1 aliphatic carbocycles. The van der Waals surface area contributed by atoms with Crippen molar-refractivity contribution in [1.29, 1.82) is 0 Å². The summed E-state index contributed by atoms with van der Waals surface area (Å²) in [5, 5.41) is 2.74. The summed E-state index contributed by atoms with van der Waals surface area (Å²) in [6.07, 6.45) is 3.40. The van der Waals surface area contributed by atoms with Gasteiger partial charge in [0.1, 0.15) is 12.1 Å². The molecule has 0 aromatic heterocycles. The number of amides is 4. The molecule has 2 saturated heterocycles. The lowest BCUT2D eigenvalue weighted by molar-refractivity contribution is -0.139. The zero-order valence-electron chi connectivity index (χ0n) is 13.8. The Kier molecular flexibility index (Phi) is 4.31. The molecule has 9 heteroatoms. The number of nitrogens with zero attached hydrogens (tertiary/aromatic N) is 2. The highest BCUT2D eigenvalue weighted by molar-refractivity contribution is 7.91. The Hall–Kier alpha value is -1.64. The minimum absolute atomic E-state index is 0.0450. The van der Waals surface area contributed by atoms with Crippen LogP contribution in [0.15, 0.2) is 0 Å². The van der Waals surface area contributed by atoms with Crippen molar-refractivity contribution < 1.29 is 22.8 Å². The van der Waals surface area contributed by atoms with E-state index < -0.39 is 21.4 Å². The van der Waals surface area contributed by atoms with Crippen LogP contribution in [0.5, 0.6) is 0 Å². The SMILES string of the molecule is CCN(C(=O)CN1C(=O)NC2(CCCC2)C1=O)[C@H]1CCS(=O)(=O)C1. The highest BCUT2D eigenvalue weighted by Crippen LogP contribution is 2.35. The van der Waals surface area contributed by atoms with Gasteiger partial charge >= 0.3 is 6.03 Å². The largest absolute Gasteiger partial charge is 0.337 e. The van der Waals surface area contributed by atoms with Crippen molar-refractivity contribution in [1.82, 2.24) is 15.1 Å². The number of carbonyl (C=O) groups excluding carboxylic acids is 3. The number of likely N-dealkylation sites (N-methyl/N-ethyl adjacent to an activating group) is 1. The van der Waals surface area contributed by atoms with Gasteiger partial charge in [0.2, 0.25) is 5.91 Å². The molecule has 1 N–H and O–H groups in total. The molecule has 1 saturated carbocycles. The van der Waals surface area contributed by atoms with E-state index in [0.717, 1.165) is 17.7 Å². The molecule has 1 atom stereocenters. The van der Waals surface area contributed by atoms with Crippen molar-refractivity contribution in [3.8, 4) is 0 Å². The molecule has 4 amide bonds. The fourth-order valence-corrected chi connectivity index (χ4v) is 5.75. The summed E-state index contributed by atoms with van der Waals surface area (Å²) in [5.41, 5.74) is -0.828. The van der Waals surface area contributed by atoms with Crippen LogP contribution in [0.3, 0.4) is 0 Å². The molecule has 134 valence electrons. The van der Waals surface area contributed by atoms with E-state index in [1.54, 1.807) is 6.92 Å². The van der Waals surface area contributed by atoms with Crippen molar-refractivity contribution in [3.63, 3.8) is 0 Å². The van der Waals surface area contributed by atoms with Gasteiger partial charge in [0, 0.05) is 12.6 Å². The molecule has 2 heterocycles. The summed E-state index contributed by atoms with van der Waals surface area (Å²) in [7, 11) is -3.10. The lowest BCUT2D eigenvalue weighted by atomic mass is 9.98. The minimum atomic E-state index is -3.10. The van der Waals surface area contributed by atoms with Crippen LogP contribution in [0.1, 0.15) is 39.0 Å². The molecule has 0 radical (unpaired) electrons. The number of sulfone groups is 1. The zero-order chi connectivity index (χ0) is 17.5. The van der Waals surface area contributed by atoms with Gasteiger partial charge in [-0.3, -0.25) is 14.5 Å². The van der Waals surface area contributed by atoms with E-state index >= 15 is 0 Å². The van der Waals surface area contributed by atoms with Gasteiger partial charge in [-0.1, -0.05) is 12.8 Å². The van der Waals surface area contributed by atoms with Crippen LogP contribution in [0.4, 0.5) is 4.79 Å². The summed E-state index contributed by atoms with van der Waals surface area (Å²) in [6, 6.07) is -0.890. The monoisotopic (exact) mass is 357 g/mol. The molecular formula is C15H23N3O5S. The lowest BCUT2D eigenvalue weighted by Gasteiger charge is -2.28. The van der Waals surface area contributed by atoms with E-state index in [9.17, 15) is 22.8 Å². The van der Waals surface area contributed by atoms with E-state index in [1.165, 1.54) is 4.90 Å². The number of carbonyl (C=O) groups is 3. The van der Waals surface area contributed by atoms with E-state index in [4.69, 9.17) is 0 Å². The van der Waals surface area contributed by atoms with E-state index in [1.807, 2.05) is 0 Å². The number of hydrogen-bond donors (Lipinski definition) is 1. The Morgan fingerprint density at radius 3 is 2.54 bits per heavy atom. The molecule has 3 fully saturated rings. The number of hydrogen-bond acceptors (Lipinski definition) is 5. The van der Waals surface area contributed by atoms with Crippen LogP contribution in [0.25, 0.3) is 0 Å². The molecule has 3 aliphatic rings. The molecular weight excluding hydrogens is 334 g/mol. The second-order valence-corrected chi connectivity index (χ2v) is 9.08. The van der Waals surface area contributed by atoms with Crippen molar-refractivity contribution >= 4 is 27.7 Å². The molecule has 3 rings (SSSR count). The van der Waals surface area contributed by atoms with Crippen molar-refractivity contribution in [2.75, 3.05) is 24.6 Å². The summed E-state index contributed by atoms with van der Waals surface area (Å²) < 4.78 is 23.3. The fourth-order valence-electron chi connectivity index (χ4n) is 4.02. The van der Waals surface area contributed by atoms with Gasteiger partial charge in [0.05, 0.1) is 11.5 Å². The Morgan fingerprint density at radius 1 is 1.33 bits per heavy atom. The number of urea groups is 1. The third-order valence-corrected chi connectivity index (χ3v) is 7.06. The maximum atomic E-state index is 12.6. The van der Waals surface area contributed by atoms with E-state index in [2.05, 4.69) is 5.32 Å². The smallest absolute Gasteiger partial charge is 0.325 e. The first-order chi connectivity index (χ1) is 11.3. The molecule has 0 aromatic carbocycles.